The molecule has 6 nitrogen and oxygen atoms in total. The molecule has 158 valence electrons. The van der Waals surface area contributed by atoms with Gasteiger partial charge in [0.05, 0.1) is 20.6 Å². The molecule has 0 saturated heterocycles. The topological polar surface area (TPSA) is 92.3 Å². The fourth-order valence-corrected chi connectivity index (χ4v) is 4.29. The standard InChI is InChI=1S/C21H20Cl2N2O4S/c1-30(28,29)16-9-7-14(8-10-16)21(27)25-19-17(22)11-15(12-18(19)23)24-20(26)13-5-3-2-4-6-13/h2-3,7-13H,4-6H2,1H3,(H,24,26)(H,25,27)/t13-/m1/s1. The first-order chi connectivity index (χ1) is 14.1. The van der Waals surface area contributed by atoms with Crippen LogP contribution >= 0.6 is 23.2 Å². The first kappa shape index (κ1) is 22.3. The molecule has 0 unspecified atom stereocenters. The number of carbonyl (C=O) groups excluding carboxylic acids is 2. The summed E-state index contributed by atoms with van der Waals surface area (Å²) in [6.45, 7) is 0. The van der Waals surface area contributed by atoms with Crippen LogP contribution in [-0.2, 0) is 14.6 Å². The number of nitrogens with one attached hydrogen (secondary N) is 2. The summed E-state index contributed by atoms with van der Waals surface area (Å²) in [5.74, 6) is -0.694. The smallest absolute Gasteiger partial charge is 0.255 e. The van der Waals surface area contributed by atoms with E-state index in [2.05, 4.69) is 16.7 Å². The molecule has 1 atom stereocenters. The van der Waals surface area contributed by atoms with Crippen LogP contribution in [0.25, 0.3) is 0 Å². The summed E-state index contributed by atoms with van der Waals surface area (Å²) in [5, 5.41) is 5.78. The molecule has 0 bridgehead atoms. The normalized spacial score (nSPS) is 16.2. The van der Waals surface area contributed by atoms with Crippen LogP contribution in [0.1, 0.15) is 29.6 Å². The minimum Gasteiger partial charge on any atom is -0.326 e. The molecule has 2 aromatic carbocycles. The molecule has 2 aromatic rings. The fourth-order valence-electron chi connectivity index (χ4n) is 3.08. The maximum absolute atomic E-state index is 12.5. The molecule has 2 N–H and O–H groups in total. The van der Waals surface area contributed by atoms with E-state index in [0.29, 0.717) is 12.1 Å². The summed E-state index contributed by atoms with van der Waals surface area (Å²) in [6, 6.07) is 8.55. The van der Waals surface area contributed by atoms with Crippen LogP contribution in [0.4, 0.5) is 11.4 Å². The Morgan fingerprint density at radius 1 is 1.00 bits per heavy atom. The van der Waals surface area contributed by atoms with Gasteiger partial charge in [-0.05, 0) is 55.7 Å². The van der Waals surface area contributed by atoms with Crippen molar-refractivity contribution in [2.75, 3.05) is 16.9 Å². The van der Waals surface area contributed by atoms with E-state index in [9.17, 15) is 18.0 Å². The summed E-state index contributed by atoms with van der Waals surface area (Å²) in [5.41, 5.74) is 0.895. The summed E-state index contributed by atoms with van der Waals surface area (Å²) < 4.78 is 23.1. The lowest BCUT2D eigenvalue weighted by Gasteiger charge is -2.18. The Kier molecular flexibility index (Phi) is 6.85. The van der Waals surface area contributed by atoms with Crippen molar-refractivity contribution in [3.63, 3.8) is 0 Å². The minimum atomic E-state index is -3.35. The highest BCUT2D eigenvalue weighted by Gasteiger charge is 2.20. The molecule has 30 heavy (non-hydrogen) atoms. The Morgan fingerprint density at radius 2 is 1.63 bits per heavy atom. The third kappa shape index (κ3) is 5.41. The highest BCUT2D eigenvalue weighted by atomic mass is 35.5. The van der Waals surface area contributed by atoms with Crippen LogP contribution in [0.2, 0.25) is 10.0 Å². The van der Waals surface area contributed by atoms with Gasteiger partial charge in [-0.3, -0.25) is 9.59 Å². The van der Waals surface area contributed by atoms with Gasteiger partial charge in [0.15, 0.2) is 9.84 Å². The largest absolute Gasteiger partial charge is 0.326 e. The van der Waals surface area contributed by atoms with Gasteiger partial charge in [-0.25, -0.2) is 8.42 Å². The zero-order valence-electron chi connectivity index (χ0n) is 16.1. The summed E-state index contributed by atoms with van der Waals surface area (Å²) in [6.07, 6.45) is 7.50. The summed E-state index contributed by atoms with van der Waals surface area (Å²) >= 11 is 12.6. The Morgan fingerprint density at radius 3 is 2.17 bits per heavy atom. The molecule has 0 heterocycles. The number of hydrogen-bond donors (Lipinski definition) is 2. The molecule has 9 heteroatoms. The molecule has 0 fully saturated rings. The van der Waals surface area contributed by atoms with E-state index in [4.69, 9.17) is 23.2 Å². The zero-order chi connectivity index (χ0) is 21.9. The van der Waals surface area contributed by atoms with E-state index in [0.717, 1.165) is 19.1 Å². The van der Waals surface area contributed by atoms with Gasteiger partial charge in [0.25, 0.3) is 5.91 Å². The minimum absolute atomic E-state index is 0.0955. The molecule has 0 aliphatic heterocycles. The molecule has 0 radical (unpaired) electrons. The molecule has 1 aliphatic rings. The second-order valence-electron chi connectivity index (χ2n) is 7.04. The fraction of sp³-hybridized carbons (Fsp3) is 0.238. The van der Waals surface area contributed by atoms with Crippen molar-refractivity contribution in [1.29, 1.82) is 0 Å². The highest BCUT2D eigenvalue weighted by molar-refractivity contribution is 7.90. The van der Waals surface area contributed by atoms with Crippen LogP contribution in [0.3, 0.4) is 0 Å². The molecule has 3 rings (SSSR count). The molecule has 0 aromatic heterocycles. The van der Waals surface area contributed by atoms with Gasteiger partial charge >= 0.3 is 0 Å². The molecule has 0 spiro atoms. The van der Waals surface area contributed by atoms with Crippen LogP contribution in [0, 0.1) is 5.92 Å². The van der Waals surface area contributed by atoms with E-state index in [1.54, 1.807) is 0 Å². The Bertz CT molecular complexity index is 1090. The first-order valence-corrected chi connectivity index (χ1v) is 11.9. The third-order valence-corrected chi connectivity index (χ3v) is 6.46. The number of allylic oxidation sites excluding steroid dienone is 2. The number of halogens is 2. The van der Waals surface area contributed by atoms with Crippen LogP contribution in [0.15, 0.2) is 53.4 Å². The average molecular weight is 467 g/mol. The van der Waals surface area contributed by atoms with Gasteiger partial charge in [-0.2, -0.15) is 0 Å². The van der Waals surface area contributed by atoms with Crippen molar-refractivity contribution in [3.8, 4) is 0 Å². The summed E-state index contributed by atoms with van der Waals surface area (Å²) in [7, 11) is -3.35. The number of sulfone groups is 1. The zero-order valence-corrected chi connectivity index (χ0v) is 18.4. The van der Waals surface area contributed by atoms with Crippen molar-refractivity contribution in [2.45, 2.75) is 24.2 Å². The average Bonchev–Trinajstić information content (AvgIpc) is 2.70. The van der Waals surface area contributed by atoms with E-state index in [1.165, 1.54) is 36.4 Å². The number of benzene rings is 2. The molecular formula is C21H20Cl2N2O4S. The molecule has 0 saturated carbocycles. The van der Waals surface area contributed by atoms with Crippen molar-refractivity contribution in [2.24, 2.45) is 5.92 Å². The molecular weight excluding hydrogens is 447 g/mol. The number of hydrogen-bond acceptors (Lipinski definition) is 4. The Hall–Kier alpha value is -2.35. The summed E-state index contributed by atoms with van der Waals surface area (Å²) in [4.78, 5) is 25.0. The van der Waals surface area contributed by atoms with E-state index in [1.807, 2.05) is 6.08 Å². The first-order valence-electron chi connectivity index (χ1n) is 9.21. The number of anilines is 2. The predicted octanol–water partition coefficient (Wildman–Crippen LogP) is 4.94. The number of amides is 2. The SMILES string of the molecule is CS(=O)(=O)c1ccc(C(=O)Nc2c(Cl)cc(NC(=O)[C@@H]3CC=CCC3)cc2Cl)cc1. The lowest BCUT2D eigenvalue weighted by molar-refractivity contribution is -0.120. The van der Waals surface area contributed by atoms with Crippen LogP contribution in [-0.4, -0.2) is 26.5 Å². The second-order valence-corrected chi connectivity index (χ2v) is 9.87. The second kappa shape index (κ2) is 9.20. The van der Waals surface area contributed by atoms with Crippen molar-refractivity contribution in [1.82, 2.24) is 0 Å². The van der Waals surface area contributed by atoms with Crippen molar-refractivity contribution in [3.05, 3.63) is 64.2 Å². The van der Waals surface area contributed by atoms with Gasteiger partial charge < -0.3 is 10.6 Å². The molecule has 2 amide bonds. The van der Waals surface area contributed by atoms with Crippen LogP contribution in [0.5, 0.6) is 0 Å². The Labute approximate surface area is 185 Å². The van der Waals surface area contributed by atoms with E-state index in [-0.39, 0.29) is 38.0 Å². The lowest BCUT2D eigenvalue weighted by atomic mass is 9.93. The van der Waals surface area contributed by atoms with Gasteiger partial charge in [-0.15, -0.1) is 0 Å². The quantitative estimate of drug-likeness (QED) is 0.609. The van der Waals surface area contributed by atoms with Gasteiger partial charge in [0.1, 0.15) is 0 Å². The Balaban J connectivity index is 1.73. The predicted molar refractivity (Wildman–Crippen MR) is 119 cm³/mol. The lowest BCUT2D eigenvalue weighted by Crippen LogP contribution is -2.23. The molecule has 1 aliphatic carbocycles. The highest BCUT2D eigenvalue weighted by Crippen LogP contribution is 2.34. The maximum atomic E-state index is 12.5. The number of carbonyl (C=O) groups is 2. The third-order valence-electron chi connectivity index (χ3n) is 4.73. The number of rotatable bonds is 5. The van der Waals surface area contributed by atoms with Gasteiger partial charge in [0.2, 0.25) is 5.91 Å². The van der Waals surface area contributed by atoms with Crippen molar-refractivity contribution >= 4 is 56.2 Å². The van der Waals surface area contributed by atoms with E-state index >= 15 is 0 Å². The van der Waals surface area contributed by atoms with Gasteiger partial charge in [0, 0.05) is 23.4 Å². The maximum Gasteiger partial charge on any atom is 0.255 e. The van der Waals surface area contributed by atoms with E-state index < -0.39 is 15.7 Å². The monoisotopic (exact) mass is 466 g/mol. The van der Waals surface area contributed by atoms with Gasteiger partial charge in [-0.1, -0.05) is 35.4 Å². The van der Waals surface area contributed by atoms with Crippen molar-refractivity contribution < 1.29 is 18.0 Å². The van der Waals surface area contributed by atoms with Crippen LogP contribution < -0.4 is 10.6 Å².